The molecule has 29 heavy (non-hydrogen) atoms. The van der Waals surface area contributed by atoms with Crippen LogP contribution >= 0.6 is 0 Å². The largest absolute Gasteiger partial charge is 0.349 e. The van der Waals surface area contributed by atoms with Gasteiger partial charge in [-0.15, -0.1) is 0 Å². The minimum atomic E-state index is -0.516. The topological polar surface area (TPSA) is 105 Å². The summed E-state index contributed by atoms with van der Waals surface area (Å²) in [7, 11) is 0. The molecule has 1 aliphatic heterocycles. The summed E-state index contributed by atoms with van der Waals surface area (Å²) in [5.74, 6) is -0.505. The lowest BCUT2D eigenvalue weighted by Gasteiger charge is -2.31. The van der Waals surface area contributed by atoms with Crippen molar-refractivity contribution in [2.24, 2.45) is 0 Å². The van der Waals surface area contributed by atoms with Gasteiger partial charge in [-0.25, -0.2) is 0 Å². The van der Waals surface area contributed by atoms with Gasteiger partial charge < -0.3 is 10.6 Å². The standard InChI is InChI=1S/C21H24N4O4/c1-15-6-5-9-18(20(15)25(28)29)21(27)23-17-10-12-24(13-11-17)14-19(26)22-16-7-3-2-4-8-16/h2-9,17H,10-14H2,1H3,(H,22,26)(H,23,27). The third kappa shape index (κ3) is 5.39. The van der Waals surface area contributed by atoms with Gasteiger partial charge in [0.05, 0.1) is 11.5 Å². The fraction of sp³-hybridized carbons (Fsp3) is 0.333. The summed E-state index contributed by atoms with van der Waals surface area (Å²) in [6.45, 7) is 3.25. The summed E-state index contributed by atoms with van der Waals surface area (Å²) in [4.78, 5) is 37.6. The lowest BCUT2D eigenvalue weighted by atomic mass is 10.0. The van der Waals surface area contributed by atoms with E-state index < -0.39 is 10.8 Å². The van der Waals surface area contributed by atoms with Crippen LogP contribution in [0, 0.1) is 17.0 Å². The molecular weight excluding hydrogens is 372 g/mol. The van der Waals surface area contributed by atoms with Gasteiger partial charge in [-0.2, -0.15) is 0 Å². The van der Waals surface area contributed by atoms with Crippen LogP contribution < -0.4 is 10.6 Å². The van der Waals surface area contributed by atoms with Crippen molar-refractivity contribution in [1.29, 1.82) is 0 Å². The fourth-order valence-corrected chi connectivity index (χ4v) is 3.51. The smallest absolute Gasteiger partial charge is 0.285 e. The second-order valence-corrected chi connectivity index (χ2v) is 7.17. The lowest BCUT2D eigenvalue weighted by molar-refractivity contribution is -0.385. The van der Waals surface area contributed by atoms with Gasteiger partial charge in [0.25, 0.3) is 11.6 Å². The number of anilines is 1. The number of aryl methyl sites for hydroxylation is 1. The Morgan fingerprint density at radius 2 is 1.79 bits per heavy atom. The number of rotatable bonds is 6. The molecule has 1 aliphatic rings. The van der Waals surface area contributed by atoms with Crippen molar-refractivity contribution >= 4 is 23.2 Å². The third-order valence-electron chi connectivity index (χ3n) is 5.01. The summed E-state index contributed by atoms with van der Waals surface area (Å²) >= 11 is 0. The number of carbonyl (C=O) groups excluding carboxylic acids is 2. The number of nitrogens with zero attached hydrogens (tertiary/aromatic N) is 2. The average molecular weight is 396 g/mol. The zero-order valence-electron chi connectivity index (χ0n) is 16.3. The van der Waals surface area contributed by atoms with Gasteiger partial charge in [-0.05, 0) is 38.0 Å². The molecule has 0 atom stereocenters. The van der Waals surface area contributed by atoms with E-state index in [-0.39, 0.29) is 23.2 Å². The van der Waals surface area contributed by atoms with Crippen molar-refractivity contribution in [1.82, 2.24) is 10.2 Å². The van der Waals surface area contributed by atoms with Crippen molar-refractivity contribution in [3.63, 3.8) is 0 Å². The third-order valence-corrected chi connectivity index (χ3v) is 5.01. The molecule has 0 aromatic heterocycles. The number of likely N-dealkylation sites (tertiary alicyclic amines) is 1. The first-order valence-electron chi connectivity index (χ1n) is 9.56. The predicted molar refractivity (Wildman–Crippen MR) is 110 cm³/mol. The first kappa shape index (κ1) is 20.5. The Labute approximate surface area is 169 Å². The molecule has 8 nitrogen and oxygen atoms in total. The number of hydrogen-bond acceptors (Lipinski definition) is 5. The number of para-hydroxylation sites is 2. The quantitative estimate of drug-likeness (QED) is 0.577. The number of nitro benzene ring substituents is 1. The number of nitro groups is 1. The van der Waals surface area contributed by atoms with Gasteiger partial charge in [-0.1, -0.05) is 30.3 Å². The van der Waals surface area contributed by atoms with E-state index in [1.807, 2.05) is 35.2 Å². The molecule has 2 aromatic carbocycles. The highest BCUT2D eigenvalue weighted by atomic mass is 16.6. The van der Waals surface area contributed by atoms with E-state index in [0.29, 0.717) is 38.0 Å². The first-order chi connectivity index (χ1) is 13.9. The number of carbonyl (C=O) groups is 2. The second-order valence-electron chi connectivity index (χ2n) is 7.17. The Balaban J connectivity index is 1.50. The number of hydrogen-bond donors (Lipinski definition) is 2. The molecule has 1 heterocycles. The Morgan fingerprint density at radius 3 is 2.45 bits per heavy atom. The number of amides is 2. The van der Waals surface area contributed by atoms with Gasteiger partial charge >= 0.3 is 0 Å². The van der Waals surface area contributed by atoms with E-state index in [1.54, 1.807) is 19.1 Å². The van der Waals surface area contributed by atoms with Crippen LogP contribution in [0.3, 0.4) is 0 Å². The van der Waals surface area contributed by atoms with Crippen LogP contribution in [0.5, 0.6) is 0 Å². The van der Waals surface area contributed by atoms with Crippen LogP contribution in [0.15, 0.2) is 48.5 Å². The molecule has 0 radical (unpaired) electrons. The molecule has 0 saturated carbocycles. The zero-order chi connectivity index (χ0) is 20.8. The summed E-state index contributed by atoms with van der Waals surface area (Å²) in [5.41, 5.74) is 1.15. The maximum atomic E-state index is 12.6. The number of benzene rings is 2. The van der Waals surface area contributed by atoms with Crippen molar-refractivity contribution in [2.45, 2.75) is 25.8 Å². The average Bonchev–Trinajstić information content (AvgIpc) is 2.69. The normalized spacial score (nSPS) is 14.9. The molecule has 0 spiro atoms. The molecule has 152 valence electrons. The molecule has 3 rings (SSSR count). The molecule has 0 aliphatic carbocycles. The van der Waals surface area contributed by atoms with E-state index >= 15 is 0 Å². The molecule has 0 bridgehead atoms. The highest BCUT2D eigenvalue weighted by Gasteiger charge is 2.26. The molecular formula is C21H24N4O4. The summed E-state index contributed by atoms with van der Waals surface area (Å²) in [6, 6.07) is 14.0. The monoisotopic (exact) mass is 396 g/mol. The van der Waals surface area contributed by atoms with Crippen LogP contribution in [0.1, 0.15) is 28.8 Å². The van der Waals surface area contributed by atoms with Crippen molar-refractivity contribution in [2.75, 3.05) is 25.0 Å². The lowest BCUT2D eigenvalue weighted by Crippen LogP contribution is -2.46. The molecule has 0 unspecified atom stereocenters. The Bertz CT molecular complexity index is 893. The molecule has 8 heteroatoms. The molecule has 1 saturated heterocycles. The summed E-state index contributed by atoms with van der Waals surface area (Å²) in [5, 5.41) is 17.1. The molecule has 2 aromatic rings. The summed E-state index contributed by atoms with van der Waals surface area (Å²) < 4.78 is 0. The SMILES string of the molecule is Cc1cccc(C(=O)NC2CCN(CC(=O)Nc3ccccc3)CC2)c1[N+](=O)[O-]. The highest BCUT2D eigenvalue weighted by molar-refractivity contribution is 5.98. The second kappa shape index (κ2) is 9.29. The van der Waals surface area contributed by atoms with Crippen LogP contribution in [0.2, 0.25) is 0 Å². The van der Waals surface area contributed by atoms with Gasteiger partial charge in [-0.3, -0.25) is 24.6 Å². The first-order valence-corrected chi connectivity index (χ1v) is 9.56. The molecule has 2 amide bonds. The Kier molecular flexibility index (Phi) is 6.56. The van der Waals surface area contributed by atoms with Crippen molar-refractivity contribution in [3.05, 3.63) is 69.8 Å². The van der Waals surface area contributed by atoms with Gasteiger partial charge in [0.1, 0.15) is 5.56 Å². The highest BCUT2D eigenvalue weighted by Crippen LogP contribution is 2.23. The van der Waals surface area contributed by atoms with E-state index in [2.05, 4.69) is 10.6 Å². The Hall–Kier alpha value is -3.26. The van der Waals surface area contributed by atoms with E-state index in [0.717, 1.165) is 5.69 Å². The zero-order valence-corrected chi connectivity index (χ0v) is 16.3. The van der Waals surface area contributed by atoms with Gasteiger partial charge in [0.2, 0.25) is 5.91 Å². The van der Waals surface area contributed by atoms with Gasteiger partial charge in [0, 0.05) is 30.4 Å². The van der Waals surface area contributed by atoms with E-state index in [1.165, 1.54) is 6.07 Å². The van der Waals surface area contributed by atoms with Crippen LogP contribution in [0.4, 0.5) is 11.4 Å². The predicted octanol–water partition coefficient (Wildman–Crippen LogP) is 2.74. The Morgan fingerprint density at radius 1 is 1.10 bits per heavy atom. The van der Waals surface area contributed by atoms with Crippen LogP contribution in [0.25, 0.3) is 0 Å². The minimum absolute atomic E-state index is 0.0731. The van der Waals surface area contributed by atoms with Crippen molar-refractivity contribution in [3.8, 4) is 0 Å². The van der Waals surface area contributed by atoms with E-state index in [9.17, 15) is 19.7 Å². The van der Waals surface area contributed by atoms with Gasteiger partial charge in [0.15, 0.2) is 0 Å². The number of piperidine rings is 1. The molecule has 2 N–H and O–H groups in total. The number of nitrogens with one attached hydrogen (secondary N) is 2. The minimum Gasteiger partial charge on any atom is -0.349 e. The van der Waals surface area contributed by atoms with Crippen LogP contribution in [-0.4, -0.2) is 47.3 Å². The molecule has 1 fully saturated rings. The fourth-order valence-electron chi connectivity index (χ4n) is 3.51. The van der Waals surface area contributed by atoms with E-state index in [4.69, 9.17) is 0 Å². The maximum Gasteiger partial charge on any atom is 0.285 e. The summed E-state index contributed by atoms with van der Waals surface area (Å²) in [6.07, 6.45) is 1.37. The maximum absolute atomic E-state index is 12.6. The van der Waals surface area contributed by atoms with Crippen molar-refractivity contribution < 1.29 is 14.5 Å². The van der Waals surface area contributed by atoms with Crippen LogP contribution in [-0.2, 0) is 4.79 Å².